The summed E-state index contributed by atoms with van der Waals surface area (Å²) >= 11 is 0. The van der Waals surface area contributed by atoms with Gasteiger partial charge < -0.3 is 30.0 Å². The Morgan fingerprint density at radius 1 is 1.00 bits per heavy atom. The number of nitrogens with one attached hydrogen (secondary N) is 2. The first-order valence-electron chi connectivity index (χ1n) is 13.0. The Morgan fingerprint density at radius 3 is 2.33 bits per heavy atom. The predicted octanol–water partition coefficient (Wildman–Crippen LogP) is 2.75. The molecule has 1 fully saturated rings. The first kappa shape index (κ1) is 30.1. The molecule has 40 heavy (non-hydrogen) atoms. The van der Waals surface area contributed by atoms with Crippen molar-refractivity contribution in [1.82, 2.24) is 5.32 Å². The number of esters is 3. The average Bonchev–Trinajstić information content (AvgIpc) is 2.92. The number of carbonyl (C=O) groups excluding carboxylic acids is 5. The fourth-order valence-electron chi connectivity index (χ4n) is 4.40. The summed E-state index contributed by atoms with van der Waals surface area (Å²) in [6, 6.07) is 11.7. The summed E-state index contributed by atoms with van der Waals surface area (Å²) in [6.45, 7) is 6.62. The molecule has 2 aromatic rings. The van der Waals surface area contributed by atoms with Crippen LogP contribution >= 0.6 is 0 Å². The Kier molecular flexibility index (Phi) is 10.2. The summed E-state index contributed by atoms with van der Waals surface area (Å²) in [5.74, 6) is -4.60. The molecule has 1 aliphatic rings. The molecule has 1 heterocycles. The van der Waals surface area contributed by atoms with Crippen molar-refractivity contribution in [2.75, 3.05) is 5.32 Å². The normalized spacial score (nSPS) is 23.1. The van der Waals surface area contributed by atoms with Crippen molar-refractivity contribution < 1.29 is 43.3 Å². The van der Waals surface area contributed by atoms with Crippen molar-refractivity contribution in [2.45, 2.75) is 64.9 Å². The van der Waals surface area contributed by atoms with Crippen LogP contribution in [0, 0.1) is 11.8 Å². The molecule has 0 bridgehead atoms. The maximum absolute atomic E-state index is 13.5. The molecule has 11 heteroatoms. The predicted molar refractivity (Wildman–Crippen MR) is 143 cm³/mol. The van der Waals surface area contributed by atoms with Crippen LogP contribution < -0.4 is 10.6 Å². The number of carbonyl (C=O) groups is 5. The Morgan fingerprint density at radius 2 is 1.68 bits per heavy atom. The van der Waals surface area contributed by atoms with Gasteiger partial charge in [0.15, 0.2) is 17.9 Å². The summed E-state index contributed by atoms with van der Waals surface area (Å²) in [4.78, 5) is 63.2. The quantitative estimate of drug-likeness (QED) is 0.183. The summed E-state index contributed by atoms with van der Waals surface area (Å²) in [6.07, 6.45) is -2.82. The zero-order valence-electron chi connectivity index (χ0n) is 22.8. The van der Waals surface area contributed by atoms with Crippen LogP contribution in [0.25, 0.3) is 0 Å². The van der Waals surface area contributed by atoms with Gasteiger partial charge in [0.25, 0.3) is 5.91 Å². The third kappa shape index (κ3) is 7.58. The minimum Gasteiger partial charge on any atom is -0.505 e. The van der Waals surface area contributed by atoms with E-state index >= 15 is 0 Å². The van der Waals surface area contributed by atoms with Crippen LogP contribution in [0.3, 0.4) is 0 Å². The highest BCUT2D eigenvalue weighted by Gasteiger charge is 2.44. The number of aromatic hydroxyl groups is 1. The van der Waals surface area contributed by atoms with Gasteiger partial charge in [0.1, 0.15) is 18.1 Å². The van der Waals surface area contributed by atoms with Crippen molar-refractivity contribution in [3.63, 3.8) is 0 Å². The lowest BCUT2D eigenvalue weighted by molar-refractivity contribution is -0.175. The monoisotopic (exact) mass is 554 g/mol. The SMILES string of the molecule is CC(C)CC(=O)O[C@H]1[C@H](C)OC(=O)[C@@H](NC(=O)c2cccc(NC=O)c2O)[C@@H](C)OC(=O)[C@@H]1Cc1ccccc1. The van der Waals surface area contributed by atoms with E-state index in [1.807, 2.05) is 44.2 Å². The first-order valence-corrected chi connectivity index (χ1v) is 13.0. The van der Waals surface area contributed by atoms with E-state index in [4.69, 9.17) is 14.2 Å². The van der Waals surface area contributed by atoms with Crippen molar-refractivity contribution in [3.8, 4) is 5.75 Å². The number of phenolic OH excluding ortho intramolecular Hbond substituents is 1. The van der Waals surface area contributed by atoms with E-state index in [1.54, 1.807) is 0 Å². The van der Waals surface area contributed by atoms with Gasteiger partial charge in [0, 0.05) is 6.42 Å². The topological polar surface area (TPSA) is 157 Å². The van der Waals surface area contributed by atoms with E-state index in [1.165, 1.54) is 32.0 Å². The summed E-state index contributed by atoms with van der Waals surface area (Å²) in [5, 5.41) is 15.1. The van der Waals surface area contributed by atoms with Crippen LogP contribution in [0.2, 0.25) is 0 Å². The van der Waals surface area contributed by atoms with Gasteiger partial charge >= 0.3 is 17.9 Å². The third-order valence-corrected chi connectivity index (χ3v) is 6.41. The van der Waals surface area contributed by atoms with Gasteiger partial charge in [-0.3, -0.25) is 19.2 Å². The Bertz CT molecular complexity index is 1230. The van der Waals surface area contributed by atoms with E-state index in [2.05, 4.69) is 10.6 Å². The van der Waals surface area contributed by atoms with Gasteiger partial charge in [-0.25, -0.2) is 4.79 Å². The Balaban J connectivity index is 1.92. The molecule has 1 saturated heterocycles. The van der Waals surface area contributed by atoms with Gasteiger partial charge in [-0.1, -0.05) is 50.2 Å². The number of anilines is 1. The summed E-state index contributed by atoms with van der Waals surface area (Å²) < 4.78 is 17.0. The fraction of sp³-hybridized carbons (Fsp3) is 0.414. The van der Waals surface area contributed by atoms with Gasteiger partial charge in [0.2, 0.25) is 6.41 Å². The lowest BCUT2D eigenvalue weighted by atomic mass is 9.91. The van der Waals surface area contributed by atoms with Crippen molar-refractivity contribution in [1.29, 1.82) is 0 Å². The average molecular weight is 555 g/mol. The number of para-hydroxylation sites is 1. The zero-order valence-corrected chi connectivity index (χ0v) is 22.8. The first-order chi connectivity index (χ1) is 19.0. The highest BCUT2D eigenvalue weighted by molar-refractivity contribution is 6.01. The maximum Gasteiger partial charge on any atom is 0.332 e. The van der Waals surface area contributed by atoms with Gasteiger partial charge in [-0.2, -0.15) is 0 Å². The number of amides is 2. The third-order valence-electron chi connectivity index (χ3n) is 6.41. The standard InChI is InChI=1S/C29H34N2O9/c1-16(2)13-23(33)40-26-18(4)39-29(37)24(31-27(35)20-11-8-12-22(25(20)34)30-15-32)17(3)38-28(36)21(26)14-19-9-6-5-7-10-19/h5-12,15-18,21,24,26,34H,13-14H2,1-4H3,(H,30,32)(H,31,35)/t17-,18+,21-,24+,26+/m1/s1. The van der Waals surface area contributed by atoms with Gasteiger partial charge in [-0.05, 0) is 43.9 Å². The number of hydrogen-bond donors (Lipinski definition) is 3. The van der Waals surface area contributed by atoms with E-state index in [9.17, 15) is 29.1 Å². The molecule has 2 aromatic carbocycles. The smallest absolute Gasteiger partial charge is 0.332 e. The molecule has 0 saturated carbocycles. The molecular formula is C29H34N2O9. The summed E-state index contributed by atoms with van der Waals surface area (Å²) in [5.41, 5.74) is 0.542. The van der Waals surface area contributed by atoms with Crippen LogP contribution in [0.1, 0.15) is 50.0 Å². The van der Waals surface area contributed by atoms with Crippen LogP contribution in [-0.2, 0) is 39.8 Å². The highest BCUT2D eigenvalue weighted by atomic mass is 16.6. The number of benzene rings is 2. The lowest BCUT2D eigenvalue weighted by Crippen LogP contribution is -2.50. The molecule has 214 valence electrons. The largest absolute Gasteiger partial charge is 0.505 e. The minimum absolute atomic E-state index is 0.00233. The highest BCUT2D eigenvalue weighted by Crippen LogP contribution is 2.28. The number of cyclic esters (lactones) is 2. The van der Waals surface area contributed by atoms with Crippen molar-refractivity contribution in [2.24, 2.45) is 11.8 Å². The molecule has 0 aliphatic carbocycles. The van der Waals surface area contributed by atoms with E-state index in [-0.39, 0.29) is 30.0 Å². The second-order valence-electron chi connectivity index (χ2n) is 10.0. The molecule has 0 spiro atoms. The number of rotatable bonds is 9. The fourth-order valence-corrected chi connectivity index (χ4v) is 4.40. The van der Waals surface area contributed by atoms with Crippen molar-refractivity contribution >= 4 is 35.9 Å². The molecule has 0 aromatic heterocycles. The summed E-state index contributed by atoms with van der Waals surface area (Å²) in [7, 11) is 0. The minimum atomic E-state index is -1.46. The van der Waals surface area contributed by atoms with E-state index < -0.39 is 59.8 Å². The molecule has 11 nitrogen and oxygen atoms in total. The van der Waals surface area contributed by atoms with Crippen LogP contribution in [-0.4, -0.2) is 59.7 Å². The molecule has 3 rings (SSSR count). The molecule has 0 radical (unpaired) electrons. The Hall–Kier alpha value is -4.41. The van der Waals surface area contributed by atoms with E-state index in [0.717, 1.165) is 5.56 Å². The molecule has 2 amide bonds. The van der Waals surface area contributed by atoms with Gasteiger partial charge in [-0.15, -0.1) is 0 Å². The number of ether oxygens (including phenoxy) is 3. The maximum atomic E-state index is 13.5. The van der Waals surface area contributed by atoms with E-state index in [0.29, 0.717) is 6.41 Å². The zero-order chi connectivity index (χ0) is 29.4. The number of hydrogen-bond acceptors (Lipinski definition) is 9. The molecular weight excluding hydrogens is 520 g/mol. The van der Waals surface area contributed by atoms with Crippen LogP contribution in [0.4, 0.5) is 5.69 Å². The second kappa shape index (κ2) is 13.6. The number of phenols is 1. The molecule has 5 atom stereocenters. The molecule has 3 N–H and O–H groups in total. The van der Waals surface area contributed by atoms with Gasteiger partial charge in [0.05, 0.1) is 11.3 Å². The van der Waals surface area contributed by atoms with Crippen LogP contribution in [0.15, 0.2) is 48.5 Å². The van der Waals surface area contributed by atoms with Crippen molar-refractivity contribution in [3.05, 3.63) is 59.7 Å². The Labute approximate surface area is 232 Å². The molecule has 0 unspecified atom stereocenters. The van der Waals surface area contributed by atoms with Crippen LogP contribution in [0.5, 0.6) is 5.75 Å². The lowest BCUT2D eigenvalue weighted by Gasteiger charge is -2.29. The second-order valence-corrected chi connectivity index (χ2v) is 10.0. The molecule has 1 aliphatic heterocycles.